The van der Waals surface area contributed by atoms with Crippen molar-refractivity contribution >= 4 is 5.91 Å². The number of rotatable bonds is 5. The van der Waals surface area contributed by atoms with Gasteiger partial charge in [-0.05, 0) is 36.6 Å². The van der Waals surface area contributed by atoms with Gasteiger partial charge >= 0.3 is 6.18 Å². The quantitative estimate of drug-likeness (QED) is 0.757. The van der Waals surface area contributed by atoms with Crippen LogP contribution in [0.25, 0.3) is 0 Å². The minimum Gasteiger partial charge on any atom is -0.508 e. The molecule has 4 nitrogen and oxygen atoms in total. The Morgan fingerprint density at radius 2 is 1.81 bits per heavy atom. The number of carbonyl (C=O) groups excluding carboxylic acids is 1. The number of carbonyl (C=O) groups is 1. The topological polar surface area (TPSA) is 69.6 Å². The zero-order valence-corrected chi connectivity index (χ0v) is 13.8. The molecule has 1 aliphatic rings. The monoisotopic (exact) mass is 365 g/mol. The summed E-state index contributed by atoms with van der Waals surface area (Å²) in [7, 11) is 0. The van der Waals surface area contributed by atoms with E-state index in [2.05, 4.69) is 5.32 Å². The highest BCUT2D eigenvalue weighted by molar-refractivity contribution is 5.96. The van der Waals surface area contributed by atoms with E-state index in [1.807, 2.05) is 6.07 Å². The van der Waals surface area contributed by atoms with Gasteiger partial charge in [0.05, 0.1) is 17.2 Å². The molecule has 0 bridgehead atoms. The third-order valence-corrected chi connectivity index (χ3v) is 4.74. The van der Waals surface area contributed by atoms with E-state index in [1.54, 1.807) is 24.3 Å². The van der Waals surface area contributed by atoms with Crippen molar-refractivity contribution in [3.63, 3.8) is 0 Å². The van der Waals surface area contributed by atoms with E-state index in [4.69, 9.17) is 0 Å². The van der Waals surface area contributed by atoms with Crippen LogP contribution in [0.4, 0.5) is 13.2 Å². The number of benzene rings is 2. The largest absolute Gasteiger partial charge is 0.508 e. The lowest BCUT2D eigenvalue weighted by atomic mass is 9.92. The summed E-state index contributed by atoms with van der Waals surface area (Å²) in [5, 5.41) is 22.5. The highest BCUT2D eigenvalue weighted by atomic mass is 19.4. The molecule has 0 spiro atoms. The van der Waals surface area contributed by atoms with Gasteiger partial charge in [0.25, 0.3) is 5.91 Å². The van der Waals surface area contributed by atoms with Crippen molar-refractivity contribution in [2.24, 2.45) is 5.41 Å². The first kappa shape index (κ1) is 18.3. The van der Waals surface area contributed by atoms with E-state index in [-0.39, 0.29) is 6.54 Å². The molecule has 1 aliphatic carbocycles. The second-order valence-electron chi connectivity index (χ2n) is 6.59. The zero-order chi connectivity index (χ0) is 18.9. The summed E-state index contributed by atoms with van der Waals surface area (Å²) in [5.74, 6) is -1.35. The predicted octanol–water partition coefficient (Wildman–Crippen LogP) is 3.65. The molecule has 3 rings (SSSR count). The Hall–Kier alpha value is -2.54. The van der Waals surface area contributed by atoms with Crippen LogP contribution in [0.5, 0.6) is 5.75 Å². The number of aliphatic hydroxyl groups excluding tert-OH is 1. The van der Waals surface area contributed by atoms with Crippen molar-refractivity contribution in [3.8, 4) is 5.75 Å². The van der Waals surface area contributed by atoms with Gasteiger partial charge in [0, 0.05) is 12.0 Å². The summed E-state index contributed by atoms with van der Waals surface area (Å²) in [4.78, 5) is 12.3. The first-order valence-electron chi connectivity index (χ1n) is 8.14. The molecule has 138 valence electrons. The van der Waals surface area contributed by atoms with E-state index < -0.39 is 40.5 Å². The summed E-state index contributed by atoms with van der Waals surface area (Å²) in [6, 6.07) is 11.3. The molecule has 1 fully saturated rings. The van der Waals surface area contributed by atoms with Crippen molar-refractivity contribution < 1.29 is 28.2 Å². The fourth-order valence-corrected chi connectivity index (χ4v) is 3.02. The Morgan fingerprint density at radius 1 is 1.15 bits per heavy atom. The Kier molecular flexibility index (Phi) is 4.66. The molecule has 1 atom stereocenters. The van der Waals surface area contributed by atoms with Crippen molar-refractivity contribution in [2.75, 3.05) is 6.54 Å². The van der Waals surface area contributed by atoms with Crippen molar-refractivity contribution in [2.45, 2.75) is 25.1 Å². The van der Waals surface area contributed by atoms with Gasteiger partial charge in [0.1, 0.15) is 5.75 Å². The Balaban J connectivity index is 1.75. The summed E-state index contributed by atoms with van der Waals surface area (Å²) in [6.45, 7) is 0.0504. The molecular formula is C19H18F3NO3. The van der Waals surface area contributed by atoms with Crippen molar-refractivity contribution in [3.05, 3.63) is 65.2 Å². The number of amides is 1. The van der Waals surface area contributed by atoms with Crippen LogP contribution in [-0.4, -0.2) is 22.7 Å². The number of alkyl halides is 3. The van der Waals surface area contributed by atoms with Crippen LogP contribution in [0, 0.1) is 5.41 Å². The van der Waals surface area contributed by atoms with Gasteiger partial charge in [-0.1, -0.05) is 30.3 Å². The number of hydrogen-bond acceptors (Lipinski definition) is 3. The number of halogens is 3. The van der Waals surface area contributed by atoms with Gasteiger partial charge in [-0.15, -0.1) is 0 Å². The summed E-state index contributed by atoms with van der Waals surface area (Å²) in [6.07, 6.45) is -4.19. The molecule has 26 heavy (non-hydrogen) atoms. The zero-order valence-electron chi connectivity index (χ0n) is 13.8. The molecular weight excluding hydrogens is 347 g/mol. The predicted molar refractivity (Wildman–Crippen MR) is 88.5 cm³/mol. The van der Waals surface area contributed by atoms with Gasteiger partial charge in [0.15, 0.2) is 0 Å². The standard InChI is InChI=1S/C19H18F3NO3/c20-19(21,22)15-7-6-13(24)10-14(15)17(26)23-11-18(8-9-18)16(25)12-4-2-1-3-5-12/h1-7,10,16,24-25H,8-9,11H2,(H,23,26). The number of phenolic OH excluding ortho intramolecular Hbond substituents is 1. The summed E-state index contributed by atoms with van der Waals surface area (Å²) in [5.41, 5.74) is -1.62. The molecule has 1 amide bonds. The molecule has 0 radical (unpaired) electrons. The average molecular weight is 365 g/mol. The second kappa shape index (κ2) is 6.64. The molecule has 0 aliphatic heterocycles. The molecule has 0 saturated heterocycles. The number of nitrogens with one attached hydrogen (secondary N) is 1. The highest BCUT2D eigenvalue weighted by Gasteiger charge is 2.49. The van der Waals surface area contributed by atoms with Crippen LogP contribution >= 0.6 is 0 Å². The lowest BCUT2D eigenvalue weighted by Crippen LogP contribution is -2.34. The normalized spacial score (nSPS) is 16.8. The van der Waals surface area contributed by atoms with Gasteiger partial charge in [-0.2, -0.15) is 13.2 Å². The van der Waals surface area contributed by atoms with Gasteiger partial charge in [-0.3, -0.25) is 4.79 Å². The number of hydrogen-bond donors (Lipinski definition) is 3. The maximum Gasteiger partial charge on any atom is 0.417 e. The van der Waals surface area contributed by atoms with Crippen LogP contribution in [0.3, 0.4) is 0 Å². The van der Waals surface area contributed by atoms with E-state index >= 15 is 0 Å². The first-order valence-corrected chi connectivity index (χ1v) is 8.14. The number of aliphatic hydroxyl groups is 1. The molecule has 1 unspecified atom stereocenters. The lowest BCUT2D eigenvalue weighted by molar-refractivity contribution is -0.137. The van der Waals surface area contributed by atoms with Gasteiger partial charge in [0.2, 0.25) is 0 Å². The van der Waals surface area contributed by atoms with Crippen LogP contribution < -0.4 is 5.32 Å². The molecule has 2 aromatic rings. The molecule has 3 N–H and O–H groups in total. The van der Waals surface area contributed by atoms with Crippen molar-refractivity contribution in [1.82, 2.24) is 5.32 Å². The van der Waals surface area contributed by atoms with Crippen LogP contribution in [0.15, 0.2) is 48.5 Å². The van der Waals surface area contributed by atoms with Gasteiger partial charge < -0.3 is 15.5 Å². The minimum absolute atomic E-state index is 0.0504. The van der Waals surface area contributed by atoms with E-state index in [0.717, 1.165) is 12.1 Å². The van der Waals surface area contributed by atoms with E-state index in [0.29, 0.717) is 24.5 Å². The molecule has 0 heterocycles. The molecule has 0 aromatic heterocycles. The average Bonchev–Trinajstić information content (AvgIpc) is 3.40. The molecule has 1 saturated carbocycles. The third-order valence-electron chi connectivity index (χ3n) is 4.74. The smallest absolute Gasteiger partial charge is 0.417 e. The molecule has 2 aromatic carbocycles. The third kappa shape index (κ3) is 3.67. The SMILES string of the molecule is O=C(NCC1(C(O)c2ccccc2)CC1)c1cc(O)ccc1C(F)(F)F. The summed E-state index contributed by atoms with van der Waals surface area (Å²) < 4.78 is 39.2. The second-order valence-corrected chi connectivity index (χ2v) is 6.59. The van der Waals surface area contributed by atoms with Crippen LogP contribution in [-0.2, 0) is 6.18 Å². The minimum atomic E-state index is -4.71. The first-order chi connectivity index (χ1) is 12.2. The Bertz CT molecular complexity index is 801. The fraction of sp³-hybridized carbons (Fsp3) is 0.316. The highest BCUT2D eigenvalue weighted by Crippen LogP contribution is 2.54. The Labute approximate surface area is 148 Å². The lowest BCUT2D eigenvalue weighted by Gasteiger charge is -2.23. The van der Waals surface area contributed by atoms with Crippen LogP contribution in [0.1, 0.15) is 40.4 Å². The van der Waals surface area contributed by atoms with Crippen LogP contribution in [0.2, 0.25) is 0 Å². The fourth-order valence-electron chi connectivity index (χ4n) is 3.02. The number of aromatic hydroxyl groups is 1. The Morgan fingerprint density at radius 3 is 2.38 bits per heavy atom. The van der Waals surface area contributed by atoms with E-state index in [9.17, 15) is 28.2 Å². The number of phenols is 1. The maximum atomic E-state index is 13.1. The molecule has 7 heteroatoms. The maximum absolute atomic E-state index is 13.1. The van der Waals surface area contributed by atoms with E-state index in [1.165, 1.54) is 0 Å². The van der Waals surface area contributed by atoms with Crippen molar-refractivity contribution in [1.29, 1.82) is 0 Å². The van der Waals surface area contributed by atoms with Gasteiger partial charge in [-0.25, -0.2) is 0 Å². The summed E-state index contributed by atoms with van der Waals surface area (Å²) >= 11 is 0.